The van der Waals surface area contributed by atoms with E-state index < -0.39 is 11.6 Å². The minimum atomic E-state index is -0.977. The molecule has 0 fully saturated rings. The highest BCUT2D eigenvalue weighted by molar-refractivity contribution is 5.25. The van der Waals surface area contributed by atoms with E-state index in [-0.39, 0.29) is 12.4 Å². The number of ether oxygens (including phenoxy) is 1. The maximum absolute atomic E-state index is 13.4. The van der Waals surface area contributed by atoms with E-state index in [0.717, 1.165) is 18.2 Å². The number of nitrogens with one attached hydrogen (secondary N) is 1. The van der Waals surface area contributed by atoms with Crippen molar-refractivity contribution in [3.8, 4) is 5.75 Å². The van der Waals surface area contributed by atoms with Crippen LogP contribution in [-0.4, -0.2) is 11.0 Å². The number of benzene rings is 1. The van der Waals surface area contributed by atoms with Gasteiger partial charge in [-0.15, -0.1) is 0 Å². The van der Waals surface area contributed by atoms with Gasteiger partial charge in [0.25, 0.3) is 0 Å². The van der Waals surface area contributed by atoms with Gasteiger partial charge in [-0.25, -0.2) is 4.39 Å². The predicted octanol–water partition coefficient (Wildman–Crippen LogP) is 3.44. The maximum Gasteiger partial charge on any atom is 0.200 e. The number of rotatable bonds is 6. The first-order valence-corrected chi connectivity index (χ1v) is 6.80. The van der Waals surface area contributed by atoms with Gasteiger partial charge < -0.3 is 10.1 Å². The molecule has 3 nitrogen and oxygen atoms in total. The van der Waals surface area contributed by atoms with Gasteiger partial charge in [0.1, 0.15) is 6.61 Å². The van der Waals surface area contributed by atoms with Crippen LogP contribution in [0.3, 0.4) is 0 Å². The second kappa shape index (κ2) is 7.13. The summed E-state index contributed by atoms with van der Waals surface area (Å²) in [5, 5.41) is 3.29. The van der Waals surface area contributed by atoms with Crippen LogP contribution in [0, 0.1) is 11.6 Å². The topological polar surface area (TPSA) is 34.1 Å². The Morgan fingerprint density at radius 1 is 1.19 bits per heavy atom. The molecule has 0 saturated carbocycles. The molecule has 0 saturated heterocycles. The summed E-state index contributed by atoms with van der Waals surface area (Å²) in [4.78, 5) is 4.24. The van der Waals surface area contributed by atoms with Crippen molar-refractivity contribution in [3.05, 3.63) is 59.4 Å². The van der Waals surface area contributed by atoms with Gasteiger partial charge in [-0.05, 0) is 23.8 Å². The first kappa shape index (κ1) is 15.4. The molecule has 0 bridgehead atoms. The van der Waals surface area contributed by atoms with Crippen molar-refractivity contribution in [2.24, 2.45) is 0 Å². The number of pyridine rings is 1. The average Bonchev–Trinajstić information content (AvgIpc) is 2.48. The van der Waals surface area contributed by atoms with Crippen LogP contribution in [0.1, 0.15) is 25.1 Å². The van der Waals surface area contributed by atoms with E-state index in [0.29, 0.717) is 11.7 Å². The quantitative estimate of drug-likeness (QED) is 0.885. The smallest absolute Gasteiger partial charge is 0.200 e. The van der Waals surface area contributed by atoms with E-state index in [1.54, 1.807) is 6.20 Å². The Hall–Kier alpha value is -2.01. The molecule has 0 aliphatic carbocycles. The molecule has 21 heavy (non-hydrogen) atoms. The lowest BCUT2D eigenvalue weighted by atomic mass is 10.2. The van der Waals surface area contributed by atoms with E-state index >= 15 is 0 Å². The van der Waals surface area contributed by atoms with Gasteiger partial charge in [0, 0.05) is 18.8 Å². The van der Waals surface area contributed by atoms with Crippen molar-refractivity contribution >= 4 is 0 Å². The molecule has 0 amide bonds. The van der Waals surface area contributed by atoms with Crippen LogP contribution in [0.4, 0.5) is 8.78 Å². The number of nitrogens with zero attached hydrogens (tertiary/aromatic N) is 1. The first-order valence-electron chi connectivity index (χ1n) is 6.80. The molecule has 1 N–H and O–H groups in total. The Balaban J connectivity index is 1.93. The first-order chi connectivity index (χ1) is 10.1. The monoisotopic (exact) mass is 292 g/mol. The van der Waals surface area contributed by atoms with Crippen LogP contribution in [0.2, 0.25) is 0 Å². The average molecular weight is 292 g/mol. The summed E-state index contributed by atoms with van der Waals surface area (Å²) in [5.74, 6) is -2.01. The molecule has 2 rings (SSSR count). The number of hydrogen-bond donors (Lipinski definition) is 1. The fraction of sp³-hybridized carbons (Fsp3) is 0.312. The van der Waals surface area contributed by atoms with Gasteiger partial charge in [-0.1, -0.05) is 26.0 Å². The standard InChI is InChI=1S/C16H18F2N2O/c1-11(2)19-8-12-6-7-13(20-9-12)10-21-15-5-3-4-14(17)16(15)18/h3-7,9,11,19H,8,10H2,1-2H3. The van der Waals surface area contributed by atoms with E-state index in [1.807, 2.05) is 12.1 Å². The summed E-state index contributed by atoms with van der Waals surface area (Å²) in [6.07, 6.45) is 1.75. The summed E-state index contributed by atoms with van der Waals surface area (Å²) in [6, 6.07) is 8.00. The summed E-state index contributed by atoms with van der Waals surface area (Å²) in [5.41, 5.74) is 1.72. The normalized spacial score (nSPS) is 10.9. The van der Waals surface area contributed by atoms with Gasteiger partial charge >= 0.3 is 0 Å². The fourth-order valence-corrected chi connectivity index (χ4v) is 1.71. The second-order valence-corrected chi connectivity index (χ2v) is 5.03. The lowest BCUT2D eigenvalue weighted by Gasteiger charge is -2.09. The lowest BCUT2D eigenvalue weighted by Crippen LogP contribution is -2.21. The van der Waals surface area contributed by atoms with Gasteiger partial charge in [-0.2, -0.15) is 4.39 Å². The predicted molar refractivity (Wildman–Crippen MR) is 76.9 cm³/mol. The molecule has 0 atom stereocenters. The Morgan fingerprint density at radius 3 is 2.67 bits per heavy atom. The molecule has 1 aromatic carbocycles. The third kappa shape index (κ3) is 4.49. The molecule has 5 heteroatoms. The zero-order valence-electron chi connectivity index (χ0n) is 12.1. The second-order valence-electron chi connectivity index (χ2n) is 5.03. The van der Waals surface area contributed by atoms with Crippen molar-refractivity contribution in [2.75, 3.05) is 0 Å². The number of aromatic nitrogens is 1. The molecule has 0 radical (unpaired) electrons. The van der Waals surface area contributed by atoms with Crippen molar-refractivity contribution in [1.82, 2.24) is 10.3 Å². The van der Waals surface area contributed by atoms with Crippen molar-refractivity contribution < 1.29 is 13.5 Å². The molecule has 0 aliphatic rings. The molecular formula is C16H18F2N2O. The third-order valence-corrected chi connectivity index (χ3v) is 2.89. The van der Waals surface area contributed by atoms with E-state index in [2.05, 4.69) is 24.1 Å². The summed E-state index contributed by atoms with van der Waals surface area (Å²) < 4.78 is 31.7. The molecule has 0 unspecified atom stereocenters. The van der Waals surface area contributed by atoms with E-state index in [1.165, 1.54) is 12.1 Å². The minimum Gasteiger partial charge on any atom is -0.484 e. The molecule has 0 aliphatic heterocycles. The van der Waals surface area contributed by atoms with Crippen molar-refractivity contribution in [1.29, 1.82) is 0 Å². The molecule has 1 aromatic heterocycles. The number of hydrogen-bond acceptors (Lipinski definition) is 3. The highest BCUT2D eigenvalue weighted by Crippen LogP contribution is 2.20. The highest BCUT2D eigenvalue weighted by Gasteiger charge is 2.09. The largest absolute Gasteiger partial charge is 0.484 e. The molecular weight excluding hydrogens is 274 g/mol. The molecule has 2 aromatic rings. The van der Waals surface area contributed by atoms with E-state index in [4.69, 9.17) is 4.74 Å². The lowest BCUT2D eigenvalue weighted by molar-refractivity contribution is 0.280. The summed E-state index contributed by atoms with van der Waals surface area (Å²) >= 11 is 0. The maximum atomic E-state index is 13.4. The van der Waals surface area contributed by atoms with Crippen LogP contribution in [0.15, 0.2) is 36.5 Å². The SMILES string of the molecule is CC(C)NCc1ccc(COc2cccc(F)c2F)nc1. The van der Waals surface area contributed by atoms with Crippen LogP contribution < -0.4 is 10.1 Å². The Kier molecular flexibility index (Phi) is 5.22. The van der Waals surface area contributed by atoms with E-state index in [9.17, 15) is 8.78 Å². The van der Waals surface area contributed by atoms with Crippen LogP contribution in [-0.2, 0) is 13.2 Å². The zero-order chi connectivity index (χ0) is 15.2. The van der Waals surface area contributed by atoms with Crippen LogP contribution in [0.5, 0.6) is 5.75 Å². The van der Waals surface area contributed by atoms with Crippen molar-refractivity contribution in [3.63, 3.8) is 0 Å². The zero-order valence-corrected chi connectivity index (χ0v) is 12.1. The third-order valence-electron chi connectivity index (χ3n) is 2.89. The van der Waals surface area contributed by atoms with Crippen LogP contribution in [0.25, 0.3) is 0 Å². The van der Waals surface area contributed by atoms with Crippen LogP contribution >= 0.6 is 0 Å². The number of halogens is 2. The molecule has 1 heterocycles. The Labute approximate surface area is 123 Å². The Morgan fingerprint density at radius 2 is 2.00 bits per heavy atom. The Bertz CT molecular complexity index is 585. The molecule has 112 valence electrons. The van der Waals surface area contributed by atoms with Crippen molar-refractivity contribution in [2.45, 2.75) is 33.0 Å². The fourth-order valence-electron chi connectivity index (χ4n) is 1.71. The summed E-state index contributed by atoms with van der Waals surface area (Å²) in [6.45, 7) is 4.98. The highest BCUT2D eigenvalue weighted by atomic mass is 19.2. The molecule has 0 spiro atoms. The van der Waals surface area contributed by atoms with Gasteiger partial charge in [-0.3, -0.25) is 4.98 Å². The van der Waals surface area contributed by atoms with Gasteiger partial charge in [0.15, 0.2) is 11.6 Å². The van der Waals surface area contributed by atoms with Gasteiger partial charge in [0.2, 0.25) is 5.82 Å². The minimum absolute atomic E-state index is 0.0955. The van der Waals surface area contributed by atoms with Gasteiger partial charge in [0.05, 0.1) is 5.69 Å². The summed E-state index contributed by atoms with van der Waals surface area (Å²) in [7, 11) is 0.